The third kappa shape index (κ3) is 2.15. The Labute approximate surface area is 84.7 Å². The van der Waals surface area contributed by atoms with Gasteiger partial charge >= 0.3 is 0 Å². The van der Waals surface area contributed by atoms with E-state index >= 15 is 0 Å². The van der Waals surface area contributed by atoms with Crippen molar-refractivity contribution >= 4 is 0 Å². The Balaban J connectivity index is 2.00. The second-order valence-corrected chi connectivity index (χ2v) is 4.05. The van der Waals surface area contributed by atoms with Crippen molar-refractivity contribution in [3.8, 4) is 0 Å². The Morgan fingerprint density at radius 1 is 1.36 bits per heavy atom. The van der Waals surface area contributed by atoms with E-state index in [1.165, 1.54) is 32.1 Å². The molecule has 14 heavy (non-hydrogen) atoms. The summed E-state index contributed by atoms with van der Waals surface area (Å²) in [5, 5.41) is 13.3. The van der Waals surface area contributed by atoms with Crippen molar-refractivity contribution in [1.82, 2.24) is 9.78 Å². The highest BCUT2D eigenvalue weighted by molar-refractivity contribution is 5.00. The fraction of sp³-hybridized carbons (Fsp3) is 0.727. The van der Waals surface area contributed by atoms with Gasteiger partial charge in [0.2, 0.25) is 0 Å². The average molecular weight is 194 g/mol. The number of aliphatic hydroxyl groups is 1. The molecule has 1 aliphatic carbocycles. The van der Waals surface area contributed by atoms with Crippen LogP contribution in [-0.2, 0) is 6.42 Å². The minimum atomic E-state index is 0.196. The van der Waals surface area contributed by atoms with Gasteiger partial charge in [0.05, 0.1) is 11.7 Å². The van der Waals surface area contributed by atoms with Crippen LogP contribution in [0.2, 0.25) is 0 Å². The predicted octanol–water partition coefficient (Wildman–Crippen LogP) is 1.92. The summed E-state index contributed by atoms with van der Waals surface area (Å²) in [6.45, 7) is 0.196. The summed E-state index contributed by atoms with van der Waals surface area (Å²) in [6.07, 6.45) is 9.31. The Hall–Kier alpha value is -0.830. The molecular formula is C11H18N2O. The number of hydrogen-bond donors (Lipinski definition) is 1. The molecule has 1 N–H and O–H groups in total. The van der Waals surface area contributed by atoms with E-state index in [1.807, 2.05) is 6.07 Å². The van der Waals surface area contributed by atoms with Crippen LogP contribution in [0.3, 0.4) is 0 Å². The SMILES string of the molecule is OCCc1ccn(C2CCCCC2)n1. The van der Waals surface area contributed by atoms with Gasteiger partial charge in [0.25, 0.3) is 0 Å². The molecule has 0 radical (unpaired) electrons. The molecule has 0 spiro atoms. The first kappa shape index (κ1) is 9.71. The van der Waals surface area contributed by atoms with Crippen molar-refractivity contribution in [3.63, 3.8) is 0 Å². The molecular weight excluding hydrogens is 176 g/mol. The maximum Gasteiger partial charge on any atom is 0.0647 e. The Bertz CT molecular complexity index is 277. The van der Waals surface area contributed by atoms with E-state index < -0.39 is 0 Å². The molecule has 0 atom stereocenters. The molecule has 1 aromatic rings. The fourth-order valence-electron chi connectivity index (χ4n) is 2.17. The van der Waals surface area contributed by atoms with Crippen molar-refractivity contribution in [2.24, 2.45) is 0 Å². The van der Waals surface area contributed by atoms with Gasteiger partial charge in [-0.2, -0.15) is 5.10 Å². The maximum absolute atomic E-state index is 8.79. The first-order valence-corrected chi connectivity index (χ1v) is 5.55. The fourth-order valence-corrected chi connectivity index (χ4v) is 2.17. The van der Waals surface area contributed by atoms with Gasteiger partial charge < -0.3 is 5.11 Å². The Morgan fingerprint density at radius 2 is 2.14 bits per heavy atom. The number of rotatable bonds is 3. The molecule has 0 bridgehead atoms. The van der Waals surface area contributed by atoms with Gasteiger partial charge in [0.15, 0.2) is 0 Å². The number of aliphatic hydroxyl groups excluding tert-OH is 1. The second kappa shape index (κ2) is 4.60. The quantitative estimate of drug-likeness (QED) is 0.798. The van der Waals surface area contributed by atoms with Crippen LogP contribution in [0.25, 0.3) is 0 Å². The molecule has 3 nitrogen and oxygen atoms in total. The van der Waals surface area contributed by atoms with Gasteiger partial charge in [-0.25, -0.2) is 0 Å². The van der Waals surface area contributed by atoms with Crippen molar-refractivity contribution in [2.45, 2.75) is 44.6 Å². The summed E-state index contributed by atoms with van der Waals surface area (Å²) >= 11 is 0. The predicted molar refractivity (Wildman–Crippen MR) is 55.1 cm³/mol. The average Bonchev–Trinajstić information content (AvgIpc) is 2.68. The van der Waals surface area contributed by atoms with Crippen LogP contribution < -0.4 is 0 Å². The highest BCUT2D eigenvalue weighted by atomic mass is 16.3. The van der Waals surface area contributed by atoms with Crippen LogP contribution in [0.1, 0.15) is 43.8 Å². The second-order valence-electron chi connectivity index (χ2n) is 4.05. The van der Waals surface area contributed by atoms with Gasteiger partial charge in [-0.3, -0.25) is 4.68 Å². The van der Waals surface area contributed by atoms with Crippen LogP contribution in [0.5, 0.6) is 0 Å². The van der Waals surface area contributed by atoms with Gasteiger partial charge in [0.1, 0.15) is 0 Å². The highest BCUT2D eigenvalue weighted by Gasteiger charge is 2.15. The van der Waals surface area contributed by atoms with Crippen molar-refractivity contribution < 1.29 is 5.11 Å². The lowest BCUT2D eigenvalue weighted by atomic mass is 9.96. The summed E-state index contributed by atoms with van der Waals surface area (Å²) < 4.78 is 2.09. The first-order valence-electron chi connectivity index (χ1n) is 5.55. The molecule has 0 saturated heterocycles. The highest BCUT2D eigenvalue weighted by Crippen LogP contribution is 2.27. The molecule has 1 aliphatic rings. The topological polar surface area (TPSA) is 38.0 Å². The summed E-state index contributed by atoms with van der Waals surface area (Å²) in [7, 11) is 0. The van der Waals surface area contributed by atoms with Crippen LogP contribution in [0.15, 0.2) is 12.3 Å². The minimum absolute atomic E-state index is 0.196. The molecule has 0 amide bonds. The Morgan fingerprint density at radius 3 is 2.86 bits per heavy atom. The molecule has 1 heterocycles. The molecule has 1 fully saturated rings. The van der Waals surface area contributed by atoms with E-state index in [-0.39, 0.29) is 6.61 Å². The molecule has 78 valence electrons. The summed E-state index contributed by atoms with van der Waals surface area (Å²) in [6, 6.07) is 2.63. The van der Waals surface area contributed by atoms with Crippen LogP contribution in [0, 0.1) is 0 Å². The molecule has 0 aromatic carbocycles. The standard InChI is InChI=1S/C11H18N2O/c14-9-7-10-6-8-13(12-10)11-4-2-1-3-5-11/h6,8,11,14H,1-5,7,9H2. The summed E-state index contributed by atoms with van der Waals surface area (Å²) in [4.78, 5) is 0. The molecule has 1 saturated carbocycles. The van der Waals surface area contributed by atoms with Gasteiger partial charge in [-0.05, 0) is 18.9 Å². The molecule has 2 rings (SSSR count). The third-order valence-corrected chi connectivity index (χ3v) is 2.98. The largest absolute Gasteiger partial charge is 0.396 e. The zero-order valence-electron chi connectivity index (χ0n) is 8.52. The lowest BCUT2D eigenvalue weighted by Crippen LogP contribution is -2.13. The van der Waals surface area contributed by atoms with E-state index in [9.17, 15) is 0 Å². The van der Waals surface area contributed by atoms with E-state index in [1.54, 1.807) is 0 Å². The molecule has 0 unspecified atom stereocenters. The maximum atomic E-state index is 8.79. The van der Waals surface area contributed by atoms with Crippen LogP contribution in [-0.4, -0.2) is 21.5 Å². The molecule has 0 aliphatic heterocycles. The smallest absolute Gasteiger partial charge is 0.0647 e. The summed E-state index contributed by atoms with van der Waals surface area (Å²) in [5.41, 5.74) is 1.01. The van der Waals surface area contributed by atoms with Crippen molar-refractivity contribution in [1.29, 1.82) is 0 Å². The van der Waals surface area contributed by atoms with Gasteiger partial charge in [0, 0.05) is 19.2 Å². The number of hydrogen-bond acceptors (Lipinski definition) is 2. The van der Waals surface area contributed by atoms with E-state index in [0.717, 1.165) is 5.69 Å². The first-order chi connectivity index (χ1) is 6.90. The monoisotopic (exact) mass is 194 g/mol. The minimum Gasteiger partial charge on any atom is -0.396 e. The number of aromatic nitrogens is 2. The van der Waals surface area contributed by atoms with Crippen molar-refractivity contribution in [3.05, 3.63) is 18.0 Å². The third-order valence-electron chi connectivity index (χ3n) is 2.98. The van der Waals surface area contributed by atoms with Crippen LogP contribution >= 0.6 is 0 Å². The zero-order valence-corrected chi connectivity index (χ0v) is 8.52. The molecule has 1 aromatic heterocycles. The van der Waals surface area contributed by atoms with Gasteiger partial charge in [-0.1, -0.05) is 19.3 Å². The van der Waals surface area contributed by atoms with Crippen LogP contribution in [0.4, 0.5) is 0 Å². The molecule has 3 heteroatoms. The normalized spacial score (nSPS) is 18.6. The zero-order chi connectivity index (χ0) is 9.80. The van der Waals surface area contributed by atoms with E-state index in [0.29, 0.717) is 12.5 Å². The number of nitrogens with zero attached hydrogens (tertiary/aromatic N) is 2. The lowest BCUT2D eigenvalue weighted by Gasteiger charge is -2.21. The van der Waals surface area contributed by atoms with E-state index in [4.69, 9.17) is 5.11 Å². The summed E-state index contributed by atoms with van der Waals surface area (Å²) in [5.74, 6) is 0. The van der Waals surface area contributed by atoms with E-state index in [2.05, 4.69) is 16.0 Å². The van der Waals surface area contributed by atoms with Crippen molar-refractivity contribution in [2.75, 3.05) is 6.61 Å². The lowest BCUT2D eigenvalue weighted by molar-refractivity contribution is 0.294. The van der Waals surface area contributed by atoms with Gasteiger partial charge in [-0.15, -0.1) is 0 Å². The Kier molecular flexibility index (Phi) is 3.19.